The monoisotopic (exact) mass is 427 g/mol. The molecule has 0 aliphatic rings. The van der Waals surface area contributed by atoms with Crippen LogP contribution in [0.5, 0.6) is 0 Å². The van der Waals surface area contributed by atoms with Gasteiger partial charge >= 0.3 is 20.1 Å². The Morgan fingerprint density at radius 1 is 0.842 bits per heavy atom. The minimum Gasteiger partial charge on any atom is -0.358 e. The van der Waals surface area contributed by atoms with Crippen molar-refractivity contribution in [3.8, 4) is 11.3 Å². The van der Waals surface area contributed by atoms with Gasteiger partial charge < -0.3 is 19.8 Å². The van der Waals surface area contributed by atoms with Gasteiger partial charge in [0.25, 0.3) is 0 Å². The summed E-state index contributed by atoms with van der Waals surface area (Å²) in [6.45, 7) is 0. The predicted octanol–water partition coefficient (Wildman–Crippen LogP) is 4.60. The van der Waals surface area contributed by atoms with E-state index in [1.165, 1.54) is 10.8 Å². The quantitative estimate of drug-likeness (QED) is 0.519. The van der Waals surface area contributed by atoms with Crippen molar-refractivity contribution in [3.63, 3.8) is 0 Å². The van der Waals surface area contributed by atoms with E-state index in [4.69, 9.17) is 0 Å². The standard InChI is InChI=1S/C15H10N.2CH3.Ir/c1-2-7-13(8-3-1)15-14-9-5-4-6-12(14)10-11-16-15;;;/h1-7,9-11H;2*1H3;/q3*-1;+3. The van der Waals surface area contributed by atoms with Gasteiger partial charge in [0.2, 0.25) is 0 Å². The Morgan fingerprint density at radius 3 is 2.32 bits per heavy atom. The SMILES string of the molecule is [CH3-].[CH3-].[Ir+3].[c-]1ccccc1-c1nccc2ccccc12. The molecule has 3 aromatic rings. The molecule has 1 aromatic heterocycles. The summed E-state index contributed by atoms with van der Waals surface area (Å²) in [5.41, 5.74) is 2.04. The van der Waals surface area contributed by atoms with Gasteiger partial charge in [0.05, 0.1) is 0 Å². The Balaban J connectivity index is 0.00000108. The number of rotatable bonds is 1. The van der Waals surface area contributed by atoms with Crippen LogP contribution in [0.4, 0.5) is 0 Å². The van der Waals surface area contributed by atoms with Crippen molar-refractivity contribution in [2.45, 2.75) is 0 Å². The number of aromatic nitrogens is 1. The zero-order chi connectivity index (χ0) is 10.8. The third-order valence-corrected chi connectivity index (χ3v) is 2.64. The zero-order valence-corrected chi connectivity index (χ0v) is 13.4. The second-order valence-electron chi connectivity index (χ2n) is 3.66. The van der Waals surface area contributed by atoms with E-state index in [1.807, 2.05) is 48.7 Å². The molecule has 98 valence electrons. The fourth-order valence-electron chi connectivity index (χ4n) is 1.87. The van der Waals surface area contributed by atoms with Crippen molar-refractivity contribution < 1.29 is 20.1 Å². The van der Waals surface area contributed by atoms with Crippen molar-refractivity contribution in [2.24, 2.45) is 0 Å². The van der Waals surface area contributed by atoms with E-state index in [-0.39, 0.29) is 35.0 Å². The molecule has 0 N–H and O–H groups in total. The second-order valence-corrected chi connectivity index (χ2v) is 3.66. The van der Waals surface area contributed by atoms with Gasteiger partial charge in [0.15, 0.2) is 0 Å². The molecule has 0 amide bonds. The van der Waals surface area contributed by atoms with Crippen LogP contribution in [0.1, 0.15) is 0 Å². The van der Waals surface area contributed by atoms with E-state index in [9.17, 15) is 0 Å². The van der Waals surface area contributed by atoms with Crippen LogP contribution in [-0.4, -0.2) is 4.98 Å². The van der Waals surface area contributed by atoms with Gasteiger partial charge in [-0.25, -0.2) is 0 Å². The summed E-state index contributed by atoms with van der Waals surface area (Å²) in [5.74, 6) is 0. The maximum absolute atomic E-state index is 4.45. The van der Waals surface area contributed by atoms with Crippen LogP contribution in [0.2, 0.25) is 0 Å². The molecule has 0 fully saturated rings. The average Bonchev–Trinajstić information content (AvgIpc) is 2.39. The fourth-order valence-corrected chi connectivity index (χ4v) is 1.87. The molecule has 0 saturated carbocycles. The molecule has 0 spiro atoms. The molecule has 2 aromatic carbocycles. The van der Waals surface area contributed by atoms with Crippen LogP contribution in [0.25, 0.3) is 22.0 Å². The van der Waals surface area contributed by atoms with Crippen molar-refractivity contribution >= 4 is 10.8 Å². The molecule has 3 rings (SSSR count). The fraction of sp³-hybridized carbons (Fsp3) is 0. The van der Waals surface area contributed by atoms with E-state index in [0.29, 0.717) is 0 Å². The Kier molecular flexibility index (Phi) is 7.21. The van der Waals surface area contributed by atoms with Gasteiger partial charge in [0, 0.05) is 6.20 Å². The summed E-state index contributed by atoms with van der Waals surface area (Å²) in [6, 6.07) is 21.4. The maximum atomic E-state index is 4.45. The van der Waals surface area contributed by atoms with Gasteiger partial charge in [-0.15, -0.1) is 35.9 Å². The minimum absolute atomic E-state index is 0. The third kappa shape index (κ3) is 3.50. The number of fused-ring (bicyclic) bond motifs is 1. The first-order valence-corrected chi connectivity index (χ1v) is 5.26. The van der Waals surface area contributed by atoms with Crippen LogP contribution in [-0.2, 0) is 20.1 Å². The van der Waals surface area contributed by atoms with Crippen molar-refractivity contribution in [2.75, 3.05) is 0 Å². The molecule has 0 atom stereocenters. The Labute approximate surface area is 129 Å². The molecular weight excluding hydrogens is 410 g/mol. The van der Waals surface area contributed by atoms with E-state index in [0.717, 1.165) is 11.3 Å². The minimum atomic E-state index is 0. The molecule has 1 heterocycles. The largest absolute Gasteiger partial charge is 3.00 e. The van der Waals surface area contributed by atoms with Gasteiger partial charge in [-0.3, -0.25) is 0 Å². The molecule has 0 unspecified atom stereocenters. The van der Waals surface area contributed by atoms with E-state index in [2.05, 4.69) is 23.2 Å². The van der Waals surface area contributed by atoms with Gasteiger partial charge in [-0.05, 0) is 22.5 Å². The van der Waals surface area contributed by atoms with Crippen LogP contribution < -0.4 is 0 Å². The molecule has 2 heteroatoms. The molecule has 0 aliphatic carbocycles. The summed E-state index contributed by atoms with van der Waals surface area (Å²) in [7, 11) is 0. The molecule has 1 nitrogen and oxygen atoms in total. The predicted molar refractivity (Wildman–Crippen MR) is 78.8 cm³/mol. The van der Waals surface area contributed by atoms with Gasteiger partial charge in [-0.1, -0.05) is 24.3 Å². The van der Waals surface area contributed by atoms with E-state index < -0.39 is 0 Å². The average molecular weight is 427 g/mol. The molecule has 0 saturated heterocycles. The van der Waals surface area contributed by atoms with Crippen LogP contribution >= 0.6 is 0 Å². The summed E-state index contributed by atoms with van der Waals surface area (Å²) < 4.78 is 0. The van der Waals surface area contributed by atoms with Crippen LogP contribution in [0.15, 0.2) is 60.8 Å². The Morgan fingerprint density at radius 2 is 1.58 bits per heavy atom. The van der Waals surface area contributed by atoms with Gasteiger partial charge in [0.1, 0.15) is 0 Å². The summed E-state index contributed by atoms with van der Waals surface area (Å²) in [5, 5.41) is 2.39. The molecule has 0 radical (unpaired) electrons. The topological polar surface area (TPSA) is 12.9 Å². The first-order chi connectivity index (χ1) is 7.95. The zero-order valence-electron chi connectivity index (χ0n) is 11.1. The van der Waals surface area contributed by atoms with E-state index in [1.54, 1.807) is 0 Å². The third-order valence-electron chi connectivity index (χ3n) is 2.64. The van der Waals surface area contributed by atoms with Crippen molar-refractivity contribution in [1.29, 1.82) is 0 Å². The summed E-state index contributed by atoms with van der Waals surface area (Å²) in [6.07, 6.45) is 1.85. The van der Waals surface area contributed by atoms with E-state index >= 15 is 0 Å². The van der Waals surface area contributed by atoms with Crippen molar-refractivity contribution in [1.82, 2.24) is 4.98 Å². The first kappa shape index (κ1) is 17.5. The first-order valence-electron chi connectivity index (χ1n) is 5.26. The number of nitrogens with zero attached hydrogens (tertiary/aromatic N) is 1. The second kappa shape index (κ2) is 7.83. The molecule has 19 heavy (non-hydrogen) atoms. The Hall–Kier alpha value is -1.50. The number of pyridine rings is 1. The van der Waals surface area contributed by atoms with Crippen LogP contribution in [0, 0.1) is 20.9 Å². The number of benzene rings is 2. The molecule has 0 bridgehead atoms. The Bertz CT molecular complexity index is 615. The number of hydrogen-bond acceptors (Lipinski definition) is 1. The van der Waals surface area contributed by atoms with Crippen molar-refractivity contribution in [3.05, 3.63) is 81.7 Å². The smallest absolute Gasteiger partial charge is 0.358 e. The van der Waals surface area contributed by atoms with Crippen LogP contribution in [0.3, 0.4) is 0 Å². The molecular formula is C17H16IrN. The summed E-state index contributed by atoms with van der Waals surface area (Å²) >= 11 is 0. The normalized spacial score (nSPS) is 8.84. The van der Waals surface area contributed by atoms with Gasteiger partial charge in [-0.2, -0.15) is 0 Å². The molecule has 0 aliphatic heterocycles. The maximum Gasteiger partial charge on any atom is 3.00 e. The number of hydrogen-bond donors (Lipinski definition) is 0. The summed E-state index contributed by atoms with van der Waals surface area (Å²) in [4.78, 5) is 4.45.